The first kappa shape index (κ1) is 21.9. The number of nitrogens with zero attached hydrogens (tertiary/aromatic N) is 4. The van der Waals surface area contributed by atoms with Crippen LogP contribution in [0.5, 0.6) is 0 Å². The van der Waals surface area contributed by atoms with Crippen molar-refractivity contribution >= 4 is 11.6 Å². The van der Waals surface area contributed by atoms with Gasteiger partial charge in [-0.2, -0.15) is 0 Å². The lowest BCUT2D eigenvalue weighted by atomic mass is 9.66. The molecule has 2 aromatic carbocycles. The van der Waals surface area contributed by atoms with Crippen LogP contribution in [0.3, 0.4) is 0 Å². The SMILES string of the molecule is O=C(c1nc(-c2ccc(F)cc2)c2ncccn12)N1CC[C@@](O)(c2ccccc2)[C@@H]2CCCCC21. The van der Waals surface area contributed by atoms with E-state index in [-0.39, 0.29) is 23.7 Å². The summed E-state index contributed by atoms with van der Waals surface area (Å²) in [6.45, 7) is 0.451. The second-order valence-corrected chi connectivity index (χ2v) is 9.60. The number of aromatic nitrogens is 3. The van der Waals surface area contributed by atoms with Gasteiger partial charge in [0.25, 0.3) is 5.91 Å². The summed E-state index contributed by atoms with van der Waals surface area (Å²) in [5, 5.41) is 11.9. The van der Waals surface area contributed by atoms with Gasteiger partial charge in [-0.15, -0.1) is 0 Å². The predicted octanol–water partition coefficient (Wildman–Crippen LogP) is 4.83. The third kappa shape index (κ3) is 3.62. The van der Waals surface area contributed by atoms with Crippen LogP contribution in [0.4, 0.5) is 4.39 Å². The van der Waals surface area contributed by atoms with Gasteiger partial charge in [0.05, 0.1) is 5.60 Å². The number of benzene rings is 2. The number of rotatable bonds is 3. The van der Waals surface area contributed by atoms with E-state index in [1.165, 1.54) is 12.1 Å². The first-order chi connectivity index (χ1) is 17.1. The molecule has 1 amide bonds. The van der Waals surface area contributed by atoms with Crippen molar-refractivity contribution < 1.29 is 14.3 Å². The van der Waals surface area contributed by atoms with Crippen molar-refractivity contribution in [2.24, 2.45) is 5.92 Å². The maximum Gasteiger partial charge on any atom is 0.290 e. The Balaban J connectivity index is 1.39. The molecule has 1 N–H and O–H groups in total. The first-order valence-electron chi connectivity index (χ1n) is 12.2. The summed E-state index contributed by atoms with van der Waals surface area (Å²) in [7, 11) is 0. The molecule has 178 valence electrons. The molecule has 0 bridgehead atoms. The molecule has 1 saturated carbocycles. The van der Waals surface area contributed by atoms with Crippen LogP contribution in [0.25, 0.3) is 16.9 Å². The molecule has 3 atom stereocenters. The molecule has 3 heterocycles. The van der Waals surface area contributed by atoms with Crippen molar-refractivity contribution in [2.45, 2.75) is 43.7 Å². The fourth-order valence-corrected chi connectivity index (χ4v) is 6.03. The number of amides is 1. The molecular formula is C28H27FN4O2. The Hall–Kier alpha value is -3.58. The molecule has 7 heteroatoms. The zero-order chi connectivity index (χ0) is 24.0. The molecule has 6 nitrogen and oxygen atoms in total. The van der Waals surface area contributed by atoms with E-state index in [2.05, 4.69) is 4.98 Å². The Bertz CT molecular complexity index is 1370. The normalized spacial score (nSPS) is 24.3. The zero-order valence-corrected chi connectivity index (χ0v) is 19.3. The van der Waals surface area contributed by atoms with Crippen molar-refractivity contribution in [1.29, 1.82) is 0 Å². The highest BCUT2D eigenvalue weighted by Crippen LogP contribution is 2.47. The molecule has 1 aliphatic heterocycles. The van der Waals surface area contributed by atoms with E-state index >= 15 is 0 Å². The number of hydrogen-bond donors (Lipinski definition) is 1. The van der Waals surface area contributed by atoms with Crippen LogP contribution in [0, 0.1) is 11.7 Å². The van der Waals surface area contributed by atoms with Gasteiger partial charge in [-0.05, 0) is 55.2 Å². The highest BCUT2D eigenvalue weighted by molar-refractivity contribution is 5.94. The van der Waals surface area contributed by atoms with E-state index in [9.17, 15) is 14.3 Å². The van der Waals surface area contributed by atoms with E-state index in [0.29, 0.717) is 35.7 Å². The molecular weight excluding hydrogens is 443 g/mol. The lowest BCUT2D eigenvalue weighted by molar-refractivity contribution is -0.110. The van der Waals surface area contributed by atoms with Crippen molar-refractivity contribution in [1.82, 2.24) is 19.3 Å². The highest BCUT2D eigenvalue weighted by atomic mass is 19.1. The first-order valence-corrected chi connectivity index (χ1v) is 12.2. The van der Waals surface area contributed by atoms with Gasteiger partial charge >= 0.3 is 0 Å². The maximum absolute atomic E-state index is 14.0. The largest absolute Gasteiger partial charge is 0.385 e. The van der Waals surface area contributed by atoms with Crippen molar-refractivity contribution in [3.8, 4) is 11.3 Å². The van der Waals surface area contributed by atoms with Crippen molar-refractivity contribution in [3.63, 3.8) is 0 Å². The summed E-state index contributed by atoms with van der Waals surface area (Å²) in [6, 6.07) is 17.6. The molecule has 2 aromatic heterocycles. The maximum atomic E-state index is 14.0. The van der Waals surface area contributed by atoms with Crippen LogP contribution in [0.1, 0.15) is 48.3 Å². The minimum absolute atomic E-state index is 0.0303. The van der Waals surface area contributed by atoms with Gasteiger partial charge in [0.1, 0.15) is 11.5 Å². The lowest BCUT2D eigenvalue weighted by Gasteiger charge is -2.52. The van der Waals surface area contributed by atoms with E-state index in [4.69, 9.17) is 4.98 Å². The minimum Gasteiger partial charge on any atom is -0.385 e. The number of aliphatic hydroxyl groups is 1. The van der Waals surface area contributed by atoms with E-state index in [0.717, 1.165) is 31.2 Å². The monoisotopic (exact) mass is 470 g/mol. The fraction of sp³-hybridized carbons (Fsp3) is 0.321. The zero-order valence-electron chi connectivity index (χ0n) is 19.3. The molecule has 4 aromatic rings. The molecule has 0 radical (unpaired) electrons. The van der Waals surface area contributed by atoms with Crippen LogP contribution in [0.2, 0.25) is 0 Å². The van der Waals surface area contributed by atoms with Crippen molar-refractivity contribution in [2.75, 3.05) is 6.54 Å². The van der Waals surface area contributed by atoms with Gasteiger partial charge in [-0.1, -0.05) is 43.2 Å². The number of carbonyl (C=O) groups is 1. The standard InChI is InChI=1S/C28H27FN4O2/c29-21-13-11-19(12-14-21)24-25-30-16-6-17-33(25)26(31-24)27(34)32-18-15-28(35,20-7-2-1-3-8-20)22-9-4-5-10-23(22)32/h1-3,6-8,11-14,16-17,22-23,35H,4-5,9-10,15,18H2/t22-,23?,28-/m1/s1. The average Bonchev–Trinajstić information content (AvgIpc) is 3.29. The van der Waals surface area contributed by atoms with Gasteiger partial charge < -0.3 is 10.0 Å². The molecule has 35 heavy (non-hydrogen) atoms. The van der Waals surface area contributed by atoms with Crippen LogP contribution >= 0.6 is 0 Å². The third-order valence-electron chi connectivity index (χ3n) is 7.72. The van der Waals surface area contributed by atoms with Gasteiger partial charge in [0, 0.05) is 36.5 Å². The van der Waals surface area contributed by atoms with Gasteiger partial charge in [-0.3, -0.25) is 9.20 Å². The Morgan fingerprint density at radius 2 is 1.80 bits per heavy atom. The topological polar surface area (TPSA) is 70.7 Å². The summed E-state index contributed by atoms with van der Waals surface area (Å²) in [6.07, 6.45) is 7.75. The Labute approximate surface area is 203 Å². The summed E-state index contributed by atoms with van der Waals surface area (Å²) in [4.78, 5) is 25.1. The van der Waals surface area contributed by atoms with Gasteiger partial charge in [-0.25, -0.2) is 14.4 Å². The number of halogens is 1. The minimum atomic E-state index is -0.946. The quantitative estimate of drug-likeness (QED) is 0.466. The van der Waals surface area contributed by atoms with Crippen molar-refractivity contribution in [3.05, 3.63) is 90.3 Å². The lowest BCUT2D eigenvalue weighted by Crippen LogP contribution is -2.59. The summed E-state index contributed by atoms with van der Waals surface area (Å²) in [5.74, 6) is -0.225. The predicted molar refractivity (Wildman–Crippen MR) is 130 cm³/mol. The summed E-state index contributed by atoms with van der Waals surface area (Å²) in [5.41, 5.74) is 1.79. The van der Waals surface area contributed by atoms with Gasteiger partial charge in [0.2, 0.25) is 5.82 Å². The van der Waals surface area contributed by atoms with Gasteiger partial charge in [0.15, 0.2) is 5.65 Å². The Kier molecular flexibility index (Phi) is 5.37. The molecule has 1 aliphatic carbocycles. The number of piperidine rings is 1. The molecule has 2 fully saturated rings. The Morgan fingerprint density at radius 1 is 1.03 bits per heavy atom. The smallest absolute Gasteiger partial charge is 0.290 e. The highest BCUT2D eigenvalue weighted by Gasteiger charge is 2.50. The van der Waals surface area contributed by atoms with E-state index in [1.807, 2.05) is 35.2 Å². The molecule has 6 rings (SSSR count). The Morgan fingerprint density at radius 3 is 2.60 bits per heavy atom. The molecule has 0 spiro atoms. The molecule has 1 unspecified atom stereocenters. The van der Waals surface area contributed by atoms with Crippen LogP contribution < -0.4 is 0 Å². The van der Waals surface area contributed by atoms with E-state index in [1.54, 1.807) is 35.0 Å². The number of hydrogen-bond acceptors (Lipinski definition) is 4. The fourth-order valence-electron chi connectivity index (χ4n) is 6.03. The number of carbonyl (C=O) groups excluding carboxylic acids is 1. The molecule has 1 saturated heterocycles. The summed E-state index contributed by atoms with van der Waals surface area (Å²) < 4.78 is 15.2. The number of fused-ring (bicyclic) bond motifs is 2. The average molecular weight is 471 g/mol. The number of likely N-dealkylation sites (tertiary alicyclic amines) is 1. The van der Waals surface area contributed by atoms with Crippen LogP contribution in [0.15, 0.2) is 73.1 Å². The summed E-state index contributed by atoms with van der Waals surface area (Å²) >= 11 is 0. The second-order valence-electron chi connectivity index (χ2n) is 9.60. The third-order valence-corrected chi connectivity index (χ3v) is 7.72. The molecule has 2 aliphatic rings. The second kappa shape index (κ2) is 8.57. The van der Waals surface area contributed by atoms with Crippen LogP contribution in [-0.4, -0.2) is 42.9 Å². The van der Waals surface area contributed by atoms with E-state index < -0.39 is 5.60 Å². The number of imidazole rings is 1. The van der Waals surface area contributed by atoms with Crippen LogP contribution in [-0.2, 0) is 5.60 Å².